The summed E-state index contributed by atoms with van der Waals surface area (Å²) in [6.07, 6.45) is 3.43. The standard InChI is InChI=1S/C24H29N3O/c1-4-27(5-2)19-10-8-18(9-11-19)25-24(28)17-7-13-23-21(15-17)20-14-16(3)6-12-22(20)26-23/h7-11,13,15-16,26H,4-6,12,14H2,1-3H3,(H,25,28). The van der Waals surface area contributed by atoms with E-state index in [1.54, 1.807) is 0 Å². The van der Waals surface area contributed by atoms with Crippen molar-refractivity contribution in [3.05, 3.63) is 59.3 Å². The van der Waals surface area contributed by atoms with Crippen LogP contribution in [0.1, 0.15) is 48.8 Å². The fourth-order valence-electron chi connectivity index (χ4n) is 4.28. The third kappa shape index (κ3) is 3.51. The van der Waals surface area contributed by atoms with Gasteiger partial charge in [-0.1, -0.05) is 6.92 Å². The third-order valence-corrected chi connectivity index (χ3v) is 5.95. The molecule has 2 aromatic carbocycles. The number of carbonyl (C=O) groups is 1. The van der Waals surface area contributed by atoms with Crippen LogP contribution in [0.3, 0.4) is 0 Å². The molecule has 1 unspecified atom stereocenters. The van der Waals surface area contributed by atoms with Crippen LogP contribution in [0.5, 0.6) is 0 Å². The maximum Gasteiger partial charge on any atom is 0.255 e. The molecule has 2 N–H and O–H groups in total. The molecule has 146 valence electrons. The molecule has 0 bridgehead atoms. The fraction of sp³-hybridized carbons (Fsp3) is 0.375. The van der Waals surface area contributed by atoms with E-state index in [-0.39, 0.29) is 5.91 Å². The van der Waals surface area contributed by atoms with Gasteiger partial charge < -0.3 is 15.2 Å². The summed E-state index contributed by atoms with van der Waals surface area (Å²) in [5.41, 5.74) is 6.59. The van der Waals surface area contributed by atoms with Gasteiger partial charge in [0.25, 0.3) is 5.91 Å². The Kier molecular flexibility index (Phi) is 5.12. The van der Waals surface area contributed by atoms with Crippen molar-refractivity contribution < 1.29 is 4.79 Å². The number of fused-ring (bicyclic) bond motifs is 3. The number of aryl methyl sites for hydroxylation is 1. The number of aromatic nitrogens is 1. The Morgan fingerprint density at radius 2 is 1.89 bits per heavy atom. The Bertz CT molecular complexity index is 983. The summed E-state index contributed by atoms with van der Waals surface area (Å²) in [4.78, 5) is 18.6. The molecule has 0 fully saturated rings. The second-order valence-electron chi connectivity index (χ2n) is 7.86. The average molecular weight is 376 g/mol. The van der Waals surface area contributed by atoms with Crippen LogP contribution in [-0.2, 0) is 12.8 Å². The van der Waals surface area contributed by atoms with E-state index in [9.17, 15) is 4.79 Å². The molecule has 0 aliphatic heterocycles. The zero-order valence-electron chi connectivity index (χ0n) is 17.0. The summed E-state index contributed by atoms with van der Waals surface area (Å²) in [6, 6.07) is 14.1. The zero-order valence-corrected chi connectivity index (χ0v) is 17.0. The SMILES string of the molecule is CCN(CC)c1ccc(NC(=O)c2ccc3[nH]c4c(c3c2)CC(C)CC4)cc1. The molecule has 0 radical (unpaired) electrons. The van der Waals surface area contributed by atoms with Gasteiger partial charge in [-0.25, -0.2) is 0 Å². The minimum absolute atomic E-state index is 0.0590. The van der Waals surface area contributed by atoms with Crippen molar-refractivity contribution >= 4 is 28.2 Å². The number of rotatable bonds is 5. The molecule has 4 heteroatoms. The number of nitrogens with one attached hydrogen (secondary N) is 2. The first-order valence-corrected chi connectivity index (χ1v) is 10.4. The molecule has 4 nitrogen and oxygen atoms in total. The molecule has 3 aromatic rings. The van der Waals surface area contributed by atoms with Crippen molar-refractivity contribution in [3.63, 3.8) is 0 Å². The van der Waals surface area contributed by atoms with Crippen molar-refractivity contribution in [3.8, 4) is 0 Å². The summed E-state index contributed by atoms with van der Waals surface area (Å²) in [5, 5.41) is 4.24. The van der Waals surface area contributed by atoms with Crippen molar-refractivity contribution in [2.45, 2.75) is 40.0 Å². The van der Waals surface area contributed by atoms with Crippen LogP contribution in [0.4, 0.5) is 11.4 Å². The summed E-state index contributed by atoms with van der Waals surface area (Å²) in [7, 11) is 0. The molecule has 1 atom stereocenters. The van der Waals surface area contributed by atoms with Crippen LogP contribution in [0.2, 0.25) is 0 Å². The molecule has 0 saturated carbocycles. The smallest absolute Gasteiger partial charge is 0.255 e. The Balaban J connectivity index is 1.55. The molecular weight excluding hydrogens is 346 g/mol. The number of aromatic amines is 1. The Labute approximate surface area is 166 Å². The summed E-state index contributed by atoms with van der Waals surface area (Å²) < 4.78 is 0. The van der Waals surface area contributed by atoms with Gasteiger partial charge in [0, 0.05) is 46.6 Å². The molecule has 0 saturated heterocycles. The predicted molar refractivity (Wildman–Crippen MR) is 117 cm³/mol. The Hall–Kier alpha value is -2.75. The number of hydrogen-bond acceptors (Lipinski definition) is 2. The van der Waals surface area contributed by atoms with Gasteiger partial charge in [-0.2, -0.15) is 0 Å². The molecular formula is C24H29N3O. The lowest BCUT2D eigenvalue weighted by Crippen LogP contribution is -2.21. The number of amides is 1. The third-order valence-electron chi connectivity index (χ3n) is 5.95. The molecule has 1 aromatic heterocycles. The maximum atomic E-state index is 12.8. The van der Waals surface area contributed by atoms with E-state index in [0.29, 0.717) is 11.5 Å². The summed E-state index contributed by atoms with van der Waals surface area (Å²) in [6.45, 7) is 8.55. The summed E-state index contributed by atoms with van der Waals surface area (Å²) >= 11 is 0. The number of benzene rings is 2. The molecule has 1 aliphatic carbocycles. The topological polar surface area (TPSA) is 48.1 Å². The highest BCUT2D eigenvalue weighted by Gasteiger charge is 2.20. The first-order chi connectivity index (χ1) is 13.6. The molecule has 1 amide bonds. The lowest BCUT2D eigenvalue weighted by Gasteiger charge is -2.21. The van der Waals surface area contributed by atoms with Crippen LogP contribution < -0.4 is 10.2 Å². The fourth-order valence-corrected chi connectivity index (χ4v) is 4.28. The van der Waals surface area contributed by atoms with Gasteiger partial charge in [0.2, 0.25) is 0 Å². The van der Waals surface area contributed by atoms with E-state index in [0.717, 1.165) is 37.1 Å². The van der Waals surface area contributed by atoms with Crippen LogP contribution in [-0.4, -0.2) is 24.0 Å². The number of anilines is 2. The molecule has 1 heterocycles. The highest BCUT2D eigenvalue weighted by molar-refractivity contribution is 6.06. The highest BCUT2D eigenvalue weighted by atomic mass is 16.1. The summed E-state index contributed by atoms with van der Waals surface area (Å²) in [5.74, 6) is 0.643. The minimum atomic E-state index is -0.0590. The number of H-pyrrole nitrogens is 1. The van der Waals surface area contributed by atoms with E-state index in [4.69, 9.17) is 0 Å². The predicted octanol–water partition coefficient (Wildman–Crippen LogP) is 5.39. The highest BCUT2D eigenvalue weighted by Crippen LogP contribution is 2.32. The number of carbonyl (C=O) groups excluding carboxylic acids is 1. The number of hydrogen-bond donors (Lipinski definition) is 2. The average Bonchev–Trinajstić information content (AvgIpc) is 3.07. The van der Waals surface area contributed by atoms with E-state index in [1.165, 1.54) is 28.8 Å². The zero-order chi connectivity index (χ0) is 19.7. The van der Waals surface area contributed by atoms with Crippen molar-refractivity contribution in [1.29, 1.82) is 0 Å². The Morgan fingerprint density at radius 1 is 1.14 bits per heavy atom. The van der Waals surface area contributed by atoms with Gasteiger partial charge in [-0.05, 0) is 87.1 Å². The van der Waals surface area contributed by atoms with Crippen molar-refractivity contribution in [2.75, 3.05) is 23.3 Å². The first kappa shape index (κ1) is 18.6. The van der Waals surface area contributed by atoms with Crippen LogP contribution in [0.25, 0.3) is 10.9 Å². The largest absolute Gasteiger partial charge is 0.372 e. The van der Waals surface area contributed by atoms with Gasteiger partial charge in [-0.3, -0.25) is 4.79 Å². The normalized spacial score (nSPS) is 16.0. The van der Waals surface area contributed by atoms with E-state index >= 15 is 0 Å². The number of nitrogens with zero attached hydrogens (tertiary/aromatic N) is 1. The Morgan fingerprint density at radius 3 is 2.61 bits per heavy atom. The van der Waals surface area contributed by atoms with Crippen LogP contribution in [0.15, 0.2) is 42.5 Å². The molecule has 4 rings (SSSR count). The minimum Gasteiger partial charge on any atom is -0.372 e. The monoisotopic (exact) mass is 375 g/mol. The molecule has 0 spiro atoms. The lowest BCUT2D eigenvalue weighted by molar-refractivity contribution is 0.102. The molecule has 28 heavy (non-hydrogen) atoms. The van der Waals surface area contributed by atoms with Gasteiger partial charge >= 0.3 is 0 Å². The van der Waals surface area contributed by atoms with Crippen molar-refractivity contribution in [1.82, 2.24) is 4.98 Å². The van der Waals surface area contributed by atoms with E-state index in [2.05, 4.69) is 48.1 Å². The van der Waals surface area contributed by atoms with Gasteiger partial charge in [0.05, 0.1) is 0 Å². The van der Waals surface area contributed by atoms with Gasteiger partial charge in [-0.15, -0.1) is 0 Å². The van der Waals surface area contributed by atoms with Gasteiger partial charge in [0.15, 0.2) is 0 Å². The second-order valence-corrected chi connectivity index (χ2v) is 7.86. The second kappa shape index (κ2) is 7.70. The van der Waals surface area contributed by atoms with E-state index in [1.807, 2.05) is 30.3 Å². The van der Waals surface area contributed by atoms with Crippen molar-refractivity contribution in [2.24, 2.45) is 5.92 Å². The first-order valence-electron chi connectivity index (χ1n) is 10.4. The lowest BCUT2D eigenvalue weighted by atomic mass is 9.87. The van der Waals surface area contributed by atoms with Gasteiger partial charge in [0.1, 0.15) is 0 Å². The molecule has 1 aliphatic rings. The van der Waals surface area contributed by atoms with Crippen LogP contribution in [0, 0.1) is 5.92 Å². The quantitative estimate of drug-likeness (QED) is 0.628. The van der Waals surface area contributed by atoms with Crippen LogP contribution >= 0.6 is 0 Å². The maximum absolute atomic E-state index is 12.8. The van der Waals surface area contributed by atoms with E-state index < -0.39 is 0 Å².